The van der Waals surface area contributed by atoms with Crippen LogP contribution in [0.25, 0.3) is 0 Å². The van der Waals surface area contributed by atoms with Gasteiger partial charge in [-0.1, -0.05) is 302 Å². The molecule has 0 aromatic rings. The van der Waals surface area contributed by atoms with Gasteiger partial charge in [0, 0.05) is 12.8 Å². The first-order chi connectivity index (χ1) is 33.5. The first kappa shape index (κ1) is 66.6. The summed E-state index contributed by atoms with van der Waals surface area (Å²) in [6.07, 6.45) is 69.3. The number of allylic oxidation sites excluding steroid dienone is 2. The van der Waals surface area contributed by atoms with Crippen LogP contribution in [0.15, 0.2) is 12.2 Å². The number of nitrogens with one attached hydrogen (secondary N) is 1. The van der Waals surface area contributed by atoms with Gasteiger partial charge < -0.3 is 20.3 Å². The van der Waals surface area contributed by atoms with E-state index in [9.17, 15) is 19.8 Å². The number of unbranched alkanes of at least 4 members (excludes halogenated alkanes) is 45. The van der Waals surface area contributed by atoms with Crippen LogP contribution in [-0.2, 0) is 14.3 Å². The number of ether oxygens (including phenoxy) is 1. The Morgan fingerprint density at radius 1 is 0.397 bits per heavy atom. The lowest BCUT2D eigenvalue weighted by Crippen LogP contribution is -2.45. The number of carbonyl (C=O) groups is 2. The number of aliphatic hydroxyl groups excluding tert-OH is 2. The molecule has 404 valence electrons. The summed E-state index contributed by atoms with van der Waals surface area (Å²) in [5.41, 5.74) is 0. The summed E-state index contributed by atoms with van der Waals surface area (Å²) in [6.45, 7) is 4.93. The molecule has 68 heavy (non-hydrogen) atoms. The molecule has 0 fully saturated rings. The molecule has 0 saturated heterocycles. The van der Waals surface area contributed by atoms with Crippen molar-refractivity contribution in [3.63, 3.8) is 0 Å². The highest BCUT2D eigenvalue weighted by atomic mass is 16.5. The fourth-order valence-electron chi connectivity index (χ4n) is 9.80. The highest BCUT2D eigenvalue weighted by Gasteiger charge is 2.20. The lowest BCUT2D eigenvalue weighted by atomic mass is 10.0. The highest BCUT2D eigenvalue weighted by molar-refractivity contribution is 5.76. The predicted molar refractivity (Wildman–Crippen MR) is 297 cm³/mol. The van der Waals surface area contributed by atoms with Crippen LogP contribution in [0.4, 0.5) is 0 Å². The molecular weight excluding hydrogens is 839 g/mol. The summed E-state index contributed by atoms with van der Waals surface area (Å²) in [5.74, 6) is -0.0447. The number of rotatable bonds is 58. The van der Waals surface area contributed by atoms with Crippen molar-refractivity contribution in [3.8, 4) is 0 Å². The Kier molecular flexibility index (Phi) is 57.0. The van der Waals surface area contributed by atoms with Crippen LogP contribution in [0, 0.1) is 0 Å². The van der Waals surface area contributed by atoms with Crippen LogP contribution >= 0.6 is 0 Å². The van der Waals surface area contributed by atoms with Crippen LogP contribution in [0.2, 0.25) is 0 Å². The maximum Gasteiger partial charge on any atom is 0.305 e. The summed E-state index contributed by atoms with van der Waals surface area (Å²) in [6, 6.07) is -0.547. The zero-order valence-electron chi connectivity index (χ0n) is 46.1. The molecule has 0 rings (SSSR count). The molecule has 0 aromatic heterocycles. The minimum absolute atomic E-state index is 0.00684. The van der Waals surface area contributed by atoms with Crippen molar-refractivity contribution < 1.29 is 24.5 Å². The number of hydrogen-bond donors (Lipinski definition) is 3. The molecular formula is C62H121NO5. The van der Waals surface area contributed by atoms with Crippen molar-refractivity contribution in [1.29, 1.82) is 0 Å². The van der Waals surface area contributed by atoms with Gasteiger partial charge in [0.1, 0.15) is 0 Å². The van der Waals surface area contributed by atoms with E-state index in [1.807, 2.05) is 0 Å². The normalized spacial score (nSPS) is 12.6. The van der Waals surface area contributed by atoms with Crippen molar-refractivity contribution in [2.45, 2.75) is 360 Å². The summed E-state index contributed by atoms with van der Waals surface area (Å²) in [5, 5.41) is 23.4. The van der Waals surface area contributed by atoms with Crippen LogP contribution in [0.1, 0.15) is 348 Å². The Bertz CT molecular complexity index is 1020. The molecule has 2 unspecified atom stereocenters. The largest absolute Gasteiger partial charge is 0.466 e. The third-order valence-electron chi connectivity index (χ3n) is 14.6. The zero-order chi connectivity index (χ0) is 49.3. The van der Waals surface area contributed by atoms with Gasteiger partial charge in [-0.2, -0.15) is 0 Å². The predicted octanol–water partition coefficient (Wildman–Crippen LogP) is 19.2. The van der Waals surface area contributed by atoms with E-state index in [2.05, 4.69) is 31.3 Å². The van der Waals surface area contributed by atoms with Crippen LogP contribution in [0.3, 0.4) is 0 Å². The molecule has 0 heterocycles. The summed E-state index contributed by atoms with van der Waals surface area (Å²) in [7, 11) is 0. The first-order valence-electron chi connectivity index (χ1n) is 30.9. The Labute approximate surface area is 425 Å². The molecule has 6 heteroatoms. The van der Waals surface area contributed by atoms with Gasteiger partial charge in [0.2, 0.25) is 5.91 Å². The lowest BCUT2D eigenvalue weighted by Gasteiger charge is -2.22. The van der Waals surface area contributed by atoms with Crippen molar-refractivity contribution in [3.05, 3.63) is 12.2 Å². The van der Waals surface area contributed by atoms with E-state index in [0.717, 1.165) is 44.9 Å². The van der Waals surface area contributed by atoms with E-state index in [1.165, 1.54) is 270 Å². The molecule has 0 aromatic carbocycles. The summed E-state index contributed by atoms with van der Waals surface area (Å²) >= 11 is 0. The summed E-state index contributed by atoms with van der Waals surface area (Å²) in [4.78, 5) is 24.5. The van der Waals surface area contributed by atoms with Crippen LogP contribution in [0.5, 0.6) is 0 Å². The fraction of sp³-hybridized carbons (Fsp3) is 0.935. The van der Waals surface area contributed by atoms with Gasteiger partial charge >= 0.3 is 5.97 Å². The topological polar surface area (TPSA) is 95.9 Å². The molecule has 2 atom stereocenters. The Morgan fingerprint density at radius 3 is 1.09 bits per heavy atom. The standard InChI is InChI=1S/C62H121NO5/c1-3-5-7-9-11-13-15-16-17-18-19-20-21-22-23-24-25-28-31-35-38-42-46-50-54-60(65)59(58-64)63-61(66)55-51-47-43-39-36-32-29-26-27-30-33-37-41-45-49-53-57-68-62(67)56-52-48-44-40-34-14-12-10-8-6-4-2/h10,12,59-60,64-65H,3-9,11,13-58H2,1-2H3,(H,63,66)/b12-10-. The van der Waals surface area contributed by atoms with Gasteiger partial charge in [-0.05, 0) is 44.9 Å². The number of hydrogen-bond acceptors (Lipinski definition) is 5. The molecule has 0 spiro atoms. The monoisotopic (exact) mass is 960 g/mol. The average Bonchev–Trinajstić information content (AvgIpc) is 3.34. The Hall–Kier alpha value is -1.40. The minimum atomic E-state index is -0.670. The number of amides is 1. The average molecular weight is 961 g/mol. The zero-order valence-corrected chi connectivity index (χ0v) is 46.1. The Balaban J connectivity index is 3.42. The third-order valence-corrected chi connectivity index (χ3v) is 14.6. The maximum atomic E-state index is 12.5. The van der Waals surface area contributed by atoms with Crippen LogP contribution in [-0.4, -0.2) is 47.4 Å². The highest BCUT2D eigenvalue weighted by Crippen LogP contribution is 2.18. The molecule has 0 aliphatic heterocycles. The van der Waals surface area contributed by atoms with Crippen molar-refractivity contribution in [1.82, 2.24) is 5.32 Å². The smallest absolute Gasteiger partial charge is 0.305 e. The molecule has 3 N–H and O–H groups in total. The molecule has 1 amide bonds. The number of esters is 1. The first-order valence-corrected chi connectivity index (χ1v) is 30.9. The second-order valence-electron chi connectivity index (χ2n) is 21.4. The second kappa shape index (κ2) is 58.2. The van der Waals surface area contributed by atoms with Gasteiger partial charge in [0.15, 0.2) is 0 Å². The molecule has 0 bridgehead atoms. The van der Waals surface area contributed by atoms with Gasteiger partial charge in [0.25, 0.3) is 0 Å². The molecule has 0 aliphatic rings. The quantitative estimate of drug-likeness (QED) is 0.0321. The fourth-order valence-corrected chi connectivity index (χ4v) is 9.80. The second-order valence-corrected chi connectivity index (χ2v) is 21.4. The van der Waals surface area contributed by atoms with Crippen molar-refractivity contribution in [2.24, 2.45) is 0 Å². The van der Waals surface area contributed by atoms with Crippen LogP contribution < -0.4 is 5.32 Å². The molecule has 6 nitrogen and oxygen atoms in total. The van der Waals surface area contributed by atoms with E-state index < -0.39 is 12.1 Å². The van der Waals surface area contributed by atoms with E-state index >= 15 is 0 Å². The SMILES string of the molecule is CCCC/C=C\CCCCCCCC(=O)OCCCCCCCCCCCCCCCCCCC(=O)NC(CO)C(O)CCCCCCCCCCCCCCCCCCCCCCCCCC. The van der Waals surface area contributed by atoms with E-state index in [0.29, 0.717) is 25.9 Å². The summed E-state index contributed by atoms with van der Waals surface area (Å²) < 4.78 is 5.45. The maximum absolute atomic E-state index is 12.5. The lowest BCUT2D eigenvalue weighted by molar-refractivity contribution is -0.143. The van der Waals surface area contributed by atoms with Gasteiger partial charge in [-0.15, -0.1) is 0 Å². The molecule has 0 aliphatic carbocycles. The molecule has 0 saturated carbocycles. The van der Waals surface area contributed by atoms with Gasteiger partial charge in [0.05, 0.1) is 25.4 Å². The third kappa shape index (κ3) is 53.9. The van der Waals surface area contributed by atoms with E-state index in [4.69, 9.17) is 4.74 Å². The van der Waals surface area contributed by atoms with Gasteiger partial charge in [-0.25, -0.2) is 0 Å². The Morgan fingerprint density at radius 2 is 0.706 bits per heavy atom. The number of carbonyl (C=O) groups excluding carboxylic acids is 2. The molecule has 0 radical (unpaired) electrons. The van der Waals surface area contributed by atoms with Crippen molar-refractivity contribution >= 4 is 11.9 Å². The number of aliphatic hydroxyl groups is 2. The van der Waals surface area contributed by atoms with E-state index in [-0.39, 0.29) is 18.5 Å². The van der Waals surface area contributed by atoms with Crippen molar-refractivity contribution in [2.75, 3.05) is 13.2 Å². The van der Waals surface area contributed by atoms with Gasteiger partial charge in [-0.3, -0.25) is 9.59 Å². The van der Waals surface area contributed by atoms with E-state index in [1.54, 1.807) is 0 Å². The minimum Gasteiger partial charge on any atom is -0.466 e.